The molecule has 0 spiro atoms. The maximum atomic E-state index is 9.23. The predicted molar refractivity (Wildman–Crippen MR) is 80.5 cm³/mol. The first-order chi connectivity index (χ1) is 9.65. The van der Waals surface area contributed by atoms with Crippen molar-refractivity contribution in [3.8, 4) is 0 Å². The highest BCUT2D eigenvalue weighted by Gasteiger charge is 2.26. The van der Waals surface area contributed by atoms with Crippen molar-refractivity contribution in [1.29, 1.82) is 0 Å². The third kappa shape index (κ3) is 2.88. The van der Waals surface area contributed by atoms with Crippen LogP contribution in [0.5, 0.6) is 0 Å². The molecule has 5 nitrogen and oxygen atoms in total. The summed E-state index contributed by atoms with van der Waals surface area (Å²) in [5, 5.41) is 9.23. The number of ether oxygens (including phenoxy) is 1. The summed E-state index contributed by atoms with van der Waals surface area (Å²) in [5.41, 5.74) is 2.01. The van der Waals surface area contributed by atoms with Crippen molar-refractivity contribution in [3.05, 3.63) is 28.5 Å². The Labute approximate surface area is 126 Å². The van der Waals surface area contributed by atoms with Gasteiger partial charge in [0, 0.05) is 17.1 Å². The number of nitrogens with zero attached hydrogens (tertiary/aromatic N) is 2. The number of aliphatic hydroxyl groups excluding tert-OH is 1. The van der Waals surface area contributed by atoms with Crippen LogP contribution in [0.4, 0.5) is 0 Å². The molecule has 2 N–H and O–H groups in total. The van der Waals surface area contributed by atoms with Gasteiger partial charge in [0.05, 0.1) is 36.9 Å². The van der Waals surface area contributed by atoms with Gasteiger partial charge in [0.1, 0.15) is 5.82 Å². The Morgan fingerprint density at radius 2 is 2.40 bits per heavy atom. The molecule has 3 rings (SSSR count). The lowest BCUT2D eigenvalue weighted by molar-refractivity contribution is -0.0811. The molecule has 0 bridgehead atoms. The van der Waals surface area contributed by atoms with E-state index in [0.29, 0.717) is 12.6 Å². The van der Waals surface area contributed by atoms with E-state index in [4.69, 9.17) is 4.74 Å². The van der Waals surface area contributed by atoms with E-state index >= 15 is 0 Å². The van der Waals surface area contributed by atoms with Crippen LogP contribution < -0.4 is 0 Å². The van der Waals surface area contributed by atoms with E-state index in [2.05, 4.69) is 37.7 Å². The molecule has 0 aliphatic carbocycles. The summed E-state index contributed by atoms with van der Waals surface area (Å²) < 4.78 is 6.60. The molecule has 0 amide bonds. The molecule has 1 aliphatic heterocycles. The van der Waals surface area contributed by atoms with Gasteiger partial charge in [-0.3, -0.25) is 4.90 Å². The number of halogens is 1. The lowest BCUT2D eigenvalue weighted by atomic mass is 10.2. The number of aromatic amines is 1. The fourth-order valence-corrected chi connectivity index (χ4v) is 2.87. The van der Waals surface area contributed by atoms with Gasteiger partial charge in [0.25, 0.3) is 0 Å². The maximum absolute atomic E-state index is 9.23. The van der Waals surface area contributed by atoms with Gasteiger partial charge in [-0.05, 0) is 25.1 Å². The smallest absolute Gasteiger partial charge is 0.121 e. The molecule has 2 unspecified atom stereocenters. The molecule has 6 heteroatoms. The minimum atomic E-state index is -0.0928. The molecule has 1 aliphatic rings. The molecule has 2 heterocycles. The minimum Gasteiger partial charge on any atom is -0.394 e. The number of rotatable bonds is 3. The Morgan fingerprint density at radius 3 is 3.20 bits per heavy atom. The van der Waals surface area contributed by atoms with Crippen molar-refractivity contribution in [2.75, 3.05) is 19.8 Å². The summed E-state index contributed by atoms with van der Waals surface area (Å²) >= 11 is 3.46. The third-order valence-electron chi connectivity index (χ3n) is 3.68. The van der Waals surface area contributed by atoms with Crippen LogP contribution in [0.2, 0.25) is 0 Å². The number of hydrogen-bond acceptors (Lipinski definition) is 4. The number of nitrogens with one attached hydrogen (secondary N) is 1. The zero-order chi connectivity index (χ0) is 14.1. The normalized spacial score (nSPS) is 24.4. The van der Waals surface area contributed by atoms with E-state index < -0.39 is 0 Å². The number of aliphatic hydroxyl groups is 1. The van der Waals surface area contributed by atoms with Crippen molar-refractivity contribution in [2.45, 2.75) is 25.6 Å². The van der Waals surface area contributed by atoms with Gasteiger partial charge in [0.15, 0.2) is 0 Å². The Balaban J connectivity index is 1.77. The van der Waals surface area contributed by atoms with Crippen LogP contribution in [0.3, 0.4) is 0 Å². The fraction of sp³-hybridized carbons (Fsp3) is 0.500. The second-order valence-electron chi connectivity index (χ2n) is 5.26. The van der Waals surface area contributed by atoms with Crippen LogP contribution in [-0.4, -0.2) is 51.9 Å². The SMILES string of the molecule is CC1COC(CO)CN1Cc1nc2ccc(Br)cc2[nH]1. The number of hydrogen-bond donors (Lipinski definition) is 2. The van der Waals surface area contributed by atoms with Crippen molar-refractivity contribution < 1.29 is 9.84 Å². The Bertz CT molecular complexity index is 601. The van der Waals surface area contributed by atoms with Crippen LogP contribution in [-0.2, 0) is 11.3 Å². The predicted octanol–water partition coefficient (Wildman–Crippen LogP) is 1.91. The highest BCUT2D eigenvalue weighted by molar-refractivity contribution is 9.10. The summed E-state index contributed by atoms with van der Waals surface area (Å²) in [6.07, 6.45) is -0.0928. The van der Waals surface area contributed by atoms with Crippen molar-refractivity contribution >= 4 is 27.0 Å². The van der Waals surface area contributed by atoms with Gasteiger partial charge in [-0.1, -0.05) is 15.9 Å². The monoisotopic (exact) mass is 339 g/mol. The van der Waals surface area contributed by atoms with Gasteiger partial charge in [-0.25, -0.2) is 4.98 Å². The van der Waals surface area contributed by atoms with Crippen LogP contribution in [0, 0.1) is 0 Å². The highest BCUT2D eigenvalue weighted by atomic mass is 79.9. The number of morpholine rings is 1. The van der Waals surface area contributed by atoms with E-state index in [9.17, 15) is 5.11 Å². The summed E-state index contributed by atoms with van der Waals surface area (Å²) in [6, 6.07) is 6.35. The lowest BCUT2D eigenvalue weighted by Crippen LogP contribution is -2.49. The standard InChI is InChI=1S/C14H18BrN3O2/c1-9-8-20-11(7-19)5-18(9)6-14-16-12-3-2-10(15)4-13(12)17-14/h2-4,9,11,19H,5-8H2,1H3,(H,16,17). The molecule has 1 fully saturated rings. The van der Waals surface area contributed by atoms with E-state index in [0.717, 1.165) is 34.4 Å². The van der Waals surface area contributed by atoms with Gasteiger partial charge in [-0.2, -0.15) is 0 Å². The maximum Gasteiger partial charge on any atom is 0.121 e. The molecule has 108 valence electrons. The summed E-state index contributed by atoms with van der Waals surface area (Å²) in [4.78, 5) is 10.3. The molecule has 1 aromatic carbocycles. The van der Waals surface area contributed by atoms with E-state index in [1.54, 1.807) is 0 Å². The number of benzene rings is 1. The van der Waals surface area contributed by atoms with Crippen LogP contribution >= 0.6 is 15.9 Å². The Hall–Kier alpha value is -0.950. The van der Waals surface area contributed by atoms with Gasteiger partial charge < -0.3 is 14.8 Å². The molecule has 2 atom stereocenters. The highest BCUT2D eigenvalue weighted by Crippen LogP contribution is 2.20. The lowest BCUT2D eigenvalue weighted by Gasteiger charge is -2.36. The molecule has 1 aromatic heterocycles. The number of fused-ring (bicyclic) bond motifs is 1. The third-order valence-corrected chi connectivity index (χ3v) is 4.18. The molecule has 2 aromatic rings. The first-order valence-corrected chi connectivity index (χ1v) is 7.55. The second-order valence-corrected chi connectivity index (χ2v) is 6.18. The second kappa shape index (κ2) is 5.81. The summed E-state index contributed by atoms with van der Waals surface area (Å²) in [6.45, 7) is 4.33. The quantitative estimate of drug-likeness (QED) is 0.896. The fourth-order valence-electron chi connectivity index (χ4n) is 2.51. The minimum absolute atomic E-state index is 0.0658. The van der Waals surface area contributed by atoms with Gasteiger partial charge in [-0.15, -0.1) is 0 Å². The van der Waals surface area contributed by atoms with Gasteiger partial charge >= 0.3 is 0 Å². The van der Waals surface area contributed by atoms with Gasteiger partial charge in [0.2, 0.25) is 0 Å². The van der Waals surface area contributed by atoms with E-state index in [-0.39, 0.29) is 12.7 Å². The molecule has 20 heavy (non-hydrogen) atoms. The van der Waals surface area contributed by atoms with Crippen molar-refractivity contribution in [3.63, 3.8) is 0 Å². The first kappa shape index (κ1) is 14.0. The molecule has 0 saturated carbocycles. The number of H-pyrrole nitrogens is 1. The van der Waals surface area contributed by atoms with Crippen LogP contribution in [0.15, 0.2) is 22.7 Å². The molecular formula is C14H18BrN3O2. The van der Waals surface area contributed by atoms with E-state index in [1.807, 2.05) is 18.2 Å². The number of imidazole rings is 1. The largest absolute Gasteiger partial charge is 0.394 e. The number of aromatic nitrogens is 2. The van der Waals surface area contributed by atoms with Crippen molar-refractivity contribution in [2.24, 2.45) is 0 Å². The van der Waals surface area contributed by atoms with Crippen LogP contribution in [0.1, 0.15) is 12.7 Å². The van der Waals surface area contributed by atoms with E-state index in [1.165, 1.54) is 0 Å². The average Bonchev–Trinajstić information content (AvgIpc) is 2.82. The summed E-state index contributed by atoms with van der Waals surface area (Å²) in [5.74, 6) is 0.948. The topological polar surface area (TPSA) is 61.4 Å². The first-order valence-electron chi connectivity index (χ1n) is 6.76. The molecule has 1 saturated heterocycles. The zero-order valence-corrected chi connectivity index (χ0v) is 12.9. The molecule has 0 radical (unpaired) electrons. The Kier molecular flexibility index (Phi) is 4.07. The summed E-state index contributed by atoms with van der Waals surface area (Å²) in [7, 11) is 0. The Morgan fingerprint density at radius 1 is 1.55 bits per heavy atom. The molecular weight excluding hydrogens is 322 g/mol. The van der Waals surface area contributed by atoms with Crippen LogP contribution in [0.25, 0.3) is 11.0 Å². The van der Waals surface area contributed by atoms with Crippen molar-refractivity contribution in [1.82, 2.24) is 14.9 Å². The average molecular weight is 340 g/mol. The zero-order valence-electron chi connectivity index (χ0n) is 11.3.